The van der Waals surface area contributed by atoms with E-state index in [1.54, 1.807) is 0 Å². The Bertz CT molecular complexity index is 1130. The van der Waals surface area contributed by atoms with E-state index in [-0.39, 0.29) is 5.91 Å². The molecule has 0 bridgehead atoms. The van der Waals surface area contributed by atoms with Crippen molar-refractivity contribution < 1.29 is 13.9 Å². The number of hydrogen-bond donors (Lipinski definition) is 0. The predicted octanol–water partition coefficient (Wildman–Crippen LogP) is 5.38. The standard InChI is InChI=1S/C24H25N3O3S2/c28-23(22-8-5-15-31-22)27(10-4-3-9-26-11-13-29-14-12-26)24-25-19(17-32-24)21-16-18-6-1-2-7-20(18)30-21/h1-2,5-8,15-17H,3-4,9-14H2. The molecular formula is C24H25N3O3S2. The smallest absolute Gasteiger partial charge is 0.270 e. The Balaban J connectivity index is 1.31. The van der Waals surface area contributed by atoms with E-state index in [2.05, 4.69) is 4.90 Å². The van der Waals surface area contributed by atoms with Gasteiger partial charge in [-0.2, -0.15) is 0 Å². The summed E-state index contributed by atoms with van der Waals surface area (Å²) in [4.78, 5) is 23.0. The number of para-hydroxylation sites is 1. The number of thiazole rings is 1. The molecule has 0 radical (unpaired) electrons. The van der Waals surface area contributed by atoms with E-state index in [0.717, 1.165) is 73.0 Å². The lowest BCUT2D eigenvalue weighted by molar-refractivity contribution is 0.0372. The molecule has 1 aliphatic heterocycles. The molecule has 0 N–H and O–H groups in total. The fourth-order valence-electron chi connectivity index (χ4n) is 3.86. The van der Waals surface area contributed by atoms with Crippen LogP contribution in [0.25, 0.3) is 22.4 Å². The molecular weight excluding hydrogens is 442 g/mol. The number of benzene rings is 1. The summed E-state index contributed by atoms with van der Waals surface area (Å²) >= 11 is 2.95. The van der Waals surface area contributed by atoms with Crippen LogP contribution in [-0.2, 0) is 4.74 Å². The third-order valence-corrected chi connectivity index (χ3v) is 7.31. The Labute approximate surface area is 195 Å². The SMILES string of the molecule is O=C(c1cccs1)N(CCCCN1CCOCC1)c1nc(-c2cc3ccccc3o2)cs1. The van der Waals surface area contributed by atoms with Crippen molar-refractivity contribution in [3.63, 3.8) is 0 Å². The Morgan fingerprint density at radius 2 is 1.97 bits per heavy atom. The van der Waals surface area contributed by atoms with E-state index in [1.165, 1.54) is 22.7 Å². The first-order valence-electron chi connectivity index (χ1n) is 10.9. The van der Waals surface area contributed by atoms with Crippen LogP contribution in [0.1, 0.15) is 22.5 Å². The second-order valence-electron chi connectivity index (χ2n) is 7.76. The molecule has 6 nitrogen and oxygen atoms in total. The second kappa shape index (κ2) is 9.95. The van der Waals surface area contributed by atoms with Crippen LogP contribution < -0.4 is 4.90 Å². The molecule has 4 heterocycles. The number of carbonyl (C=O) groups is 1. The highest BCUT2D eigenvalue weighted by Crippen LogP contribution is 2.32. The van der Waals surface area contributed by atoms with Crippen LogP contribution in [0.15, 0.2) is 57.6 Å². The summed E-state index contributed by atoms with van der Waals surface area (Å²) < 4.78 is 11.4. The number of ether oxygens (including phenoxy) is 1. The normalized spacial score (nSPS) is 14.8. The zero-order valence-electron chi connectivity index (χ0n) is 17.7. The van der Waals surface area contributed by atoms with E-state index >= 15 is 0 Å². The topological polar surface area (TPSA) is 58.8 Å². The molecule has 4 aromatic rings. The molecule has 1 saturated heterocycles. The quantitative estimate of drug-likeness (QED) is 0.326. The predicted molar refractivity (Wildman–Crippen MR) is 130 cm³/mol. The Hall–Kier alpha value is -2.52. The van der Waals surface area contributed by atoms with E-state index in [0.29, 0.717) is 11.7 Å². The van der Waals surface area contributed by atoms with Gasteiger partial charge in [-0.25, -0.2) is 4.98 Å². The molecule has 32 heavy (non-hydrogen) atoms. The first-order chi connectivity index (χ1) is 15.8. The molecule has 8 heteroatoms. The highest BCUT2D eigenvalue weighted by atomic mass is 32.1. The summed E-state index contributed by atoms with van der Waals surface area (Å²) in [7, 11) is 0. The average Bonchev–Trinajstić information content (AvgIpc) is 3.59. The van der Waals surface area contributed by atoms with Crippen LogP contribution in [0.5, 0.6) is 0 Å². The summed E-state index contributed by atoms with van der Waals surface area (Å²) in [5.41, 5.74) is 1.60. The maximum Gasteiger partial charge on any atom is 0.270 e. The molecule has 5 rings (SSSR count). The summed E-state index contributed by atoms with van der Waals surface area (Å²) in [6, 6.07) is 13.7. The molecule has 0 atom stereocenters. The van der Waals surface area contributed by atoms with Gasteiger partial charge in [-0.1, -0.05) is 24.3 Å². The monoisotopic (exact) mass is 467 g/mol. The van der Waals surface area contributed by atoms with Crippen LogP contribution >= 0.6 is 22.7 Å². The highest BCUT2D eigenvalue weighted by molar-refractivity contribution is 7.14. The second-order valence-corrected chi connectivity index (χ2v) is 9.54. The Kier molecular flexibility index (Phi) is 6.64. The van der Waals surface area contributed by atoms with Crippen LogP contribution in [0.2, 0.25) is 0 Å². The first kappa shape index (κ1) is 21.3. The number of rotatable bonds is 8. The largest absolute Gasteiger partial charge is 0.454 e. The molecule has 166 valence electrons. The zero-order valence-corrected chi connectivity index (χ0v) is 19.4. The fourth-order valence-corrected chi connectivity index (χ4v) is 5.37. The number of anilines is 1. The molecule has 0 spiro atoms. The van der Waals surface area contributed by atoms with Gasteiger partial charge < -0.3 is 9.15 Å². The molecule has 0 unspecified atom stereocenters. The third-order valence-electron chi connectivity index (χ3n) is 5.59. The number of furan rings is 1. The van der Waals surface area contributed by atoms with Crippen LogP contribution in [0.3, 0.4) is 0 Å². The van der Waals surface area contributed by atoms with Gasteiger partial charge in [-0.15, -0.1) is 22.7 Å². The lowest BCUT2D eigenvalue weighted by Crippen LogP contribution is -2.37. The van der Waals surface area contributed by atoms with Crippen LogP contribution in [0.4, 0.5) is 5.13 Å². The van der Waals surface area contributed by atoms with Crippen LogP contribution in [-0.4, -0.2) is 55.2 Å². The van der Waals surface area contributed by atoms with Gasteiger partial charge in [0.2, 0.25) is 0 Å². The van der Waals surface area contributed by atoms with Crippen molar-refractivity contribution in [1.82, 2.24) is 9.88 Å². The van der Waals surface area contributed by atoms with Gasteiger partial charge in [0.15, 0.2) is 10.9 Å². The number of morpholine rings is 1. The van der Waals surface area contributed by atoms with Gasteiger partial charge in [-0.3, -0.25) is 14.6 Å². The van der Waals surface area contributed by atoms with Crippen molar-refractivity contribution in [3.8, 4) is 11.5 Å². The summed E-state index contributed by atoms with van der Waals surface area (Å²) in [5, 5.41) is 5.66. The fraction of sp³-hybridized carbons (Fsp3) is 0.333. The van der Waals surface area contributed by atoms with Gasteiger partial charge in [0, 0.05) is 30.4 Å². The number of amides is 1. The van der Waals surface area contributed by atoms with Gasteiger partial charge in [0.25, 0.3) is 5.91 Å². The van der Waals surface area contributed by atoms with E-state index in [1.807, 2.05) is 58.1 Å². The van der Waals surface area contributed by atoms with Gasteiger partial charge in [-0.05, 0) is 43.0 Å². The lowest BCUT2D eigenvalue weighted by Gasteiger charge is -2.27. The number of aromatic nitrogens is 1. The van der Waals surface area contributed by atoms with Gasteiger partial charge in [0.05, 0.1) is 18.1 Å². The van der Waals surface area contributed by atoms with E-state index < -0.39 is 0 Å². The number of thiophene rings is 1. The minimum absolute atomic E-state index is 0.0110. The summed E-state index contributed by atoms with van der Waals surface area (Å²) in [6.07, 6.45) is 1.96. The minimum Gasteiger partial charge on any atom is -0.454 e. The zero-order chi connectivity index (χ0) is 21.8. The Morgan fingerprint density at radius 1 is 1.09 bits per heavy atom. The minimum atomic E-state index is 0.0110. The van der Waals surface area contributed by atoms with Crippen molar-refractivity contribution in [2.75, 3.05) is 44.3 Å². The molecule has 0 saturated carbocycles. The number of nitrogens with zero attached hydrogens (tertiary/aromatic N) is 3. The number of fused-ring (bicyclic) bond motifs is 1. The molecule has 3 aromatic heterocycles. The number of carbonyl (C=O) groups excluding carboxylic acids is 1. The molecule has 1 fully saturated rings. The third kappa shape index (κ3) is 4.78. The number of unbranched alkanes of at least 4 members (excludes halogenated alkanes) is 1. The van der Waals surface area contributed by atoms with Gasteiger partial charge in [0.1, 0.15) is 11.3 Å². The van der Waals surface area contributed by atoms with E-state index in [4.69, 9.17) is 14.1 Å². The van der Waals surface area contributed by atoms with Crippen molar-refractivity contribution in [2.45, 2.75) is 12.8 Å². The maximum atomic E-state index is 13.2. The van der Waals surface area contributed by atoms with Crippen molar-refractivity contribution in [3.05, 3.63) is 58.1 Å². The first-order valence-corrected chi connectivity index (χ1v) is 12.6. The maximum absolute atomic E-state index is 13.2. The van der Waals surface area contributed by atoms with E-state index in [9.17, 15) is 4.79 Å². The average molecular weight is 468 g/mol. The molecule has 1 aliphatic rings. The summed E-state index contributed by atoms with van der Waals surface area (Å²) in [6.45, 7) is 5.29. The Morgan fingerprint density at radius 3 is 2.78 bits per heavy atom. The van der Waals surface area contributed by atoms with Crippen molar-refractivity contribution in [2.24, 2.45) is 0 Å². The summed E-state index contributed by atoms with van der Waals surface area (Å²) in [5.74, 6) is 0.737. The lowest BCUT2D eigenvalue weighted by atomic mass is 10.2. The molecule has 1 amide bonds. The molecule has 1 aromatic carbocycles. The van der Waals surface area contributed by atoms with Gasteiger partial charge >= 0.3 is 0 Å². The van der Waals surface area contributed by atoms with Crippen molar-refractivity contribution in [1.29, 1.82) is 0 Å². The highest BCUT2D eigenvalue weighted by Gasteiger charge is 2.22. The van der Waals surface area contributed by atoms with Crippen molar-refractivity contribution >= 4 is 44.7 Å². The van der Waals surface area contributed by atoms with Crippen LogP contribution in [0, 0.1) is 0 Å². The number of hydrogen-bond acceptors (Lipinski definition) is 7. The molecule has 0 aliphatic carbocycles.